The van der Waals surface area contributed by atoms with Crippen LogP contribution in [-0.2, 0) is 4.74 Å². The van der Waals surface area contributed by atoms with Crippen LogP contribution in [0.4, 0.5) is 0 Å². The highest BCUT2D eigenvalue weighted by molar-refractivity contribution is 5.13. The van der Waals surface area contributed by atoms with Crippen LogP contribution < -0.4 is 0 Å². The largest absolute Gasteiger partial charge is 0.367 e. The molecule has 0 aliphatic rings. The lowest BCUT2D eigenvalue weighted by molar-refractivity contribution is -0.0147. The molecule has 0 saturated carbocycles. The quantitative estimate of drug-likeness (QED) is 0.241. The number of unbranched alkanes of at least 4 members (excludes halogenated alkanes) is 6. The standard InChI is InChI=1S/C20H38O/c1-6-11-13-14-15-16-18-19(17-12-7-2)20(8-3,9-4)21-10-5/h8-9,19H,3-4,6-7,10-18H2,1-2,5H3. The van der Waals surface area contributed by atoms with Gasteiger partial charge >= 0.3 is 0 Å². The van der Waals surface area contributed by atoms with Gasteiger partial charge in [0.2, 0.25) is 0 Å². The summed E-state index contributed by atoms with van der Waals surface area (Å²) in [6.07, 6.45) is 17.0. The van der Waals surface area contributed by atoms with Gasteiger partial charge in [-0.05, 0) is 25.7 Å². The van der Waals surface area contributed by atoms with E-state index >= 15 is 0 Å². The molecule has 0 N–H and O–H groups in total. The molecule has 0 aromatic rings. The first-order valence-electron chi connectivity index (χ1n) is 9.11. The molecule has 0 saturated heterocycles. The normalized spacial score (nSPS) is 13.1. The summed E-state index contributed by atoms with van der Waals surface area (Å²) in [7, 11) is 0. The minimum atomic E-state index is -0.326. The zero-order valence-electron chi connectivity index (χ0n) is 14.8. The molecule has 0 aromatic heterocycles. The molecule has 0 spiro atoms. The fourth-order valence-electron chi connectivity index (χ4n) is 3.12. The fourth-order valence-corrected chi connectivity index (χ4v) is 3.12. The summed E-state index contributed by atoms with van der Waals surface area (Å²) >= 11 is 0. The van der Waals surface area contributed by atoms with Gasteiger partial charge in [-0.15, -0.1) is 0 Å². The second-order valence-electron chi connectivity index (χ2n) is 6.09. The van der Waals surface area contributed by atoms with Crippen molar-refractivity contribution in [3.8, 4) is 0 Å². The Hall–Kier alpha value is -0.560. The van der Waals surface area contributed by atoms with Gasteiger partial charge in [-0.1, -0.05) is 90.5 Å². The molecule has 21 heavy (non-hydrogen) atoms. The predicted octanol–water partition coefficient (Wildman–Crippen LogP) is 6.69. The van der Waals surface area contributed by atoms with Crippen LogP contribution in [0.3, 0.4) is 0 Å². The summed E-state index contributed by atoms with van der Waals surface area (Å²) < 4.78 is 6.05. The highest BCUT2D eigenvalue weighted by Gasteiger charge is 2.32. The zero-order valence-corrected chi connectivity index (χ0v) is 14.8. The molecule has 0 fully saturated rings. The molecule has 0 rings (SSSR count). The molecule has 0 aromatic carbocycles. The van der Waals surface area contributed by atoms with Crippen molar-refractivity contribution in [1.29, 1.82) is 0 Å². The highest BCUT2D eigenvalue weighted by Crippen LogP contribution is 2.33. The summed E-state index contributed by atoms with van der Waals surface area (Å²) in [5, 5.41) is 0. The van der Waals surface area contributed by atoms with E-state index in [1.54, 1.807) is 0 Å². The molecule has 0 bridgehead atoms. The Bertz CT molecular complexity index is 249. The molecule has 1 atom stereocenters. The van der Waals surface area contributed by atoms with E-state index in [2.05, 4.69) is 33.9 Å². The Balaban J connectivity index is 4.46. The van der Waals surface area contributed by atoms with Crippen molar-refractivity contribution in [3.05, 3.63) is 25.3 Å². The number of hydrogen-bond acceptors (Lipinski definition) is 1. The summed E-state index contributed by atoms with van der Waals surface area (Å²) in [6.45, 7) is 15.4. The Morgan fingerprint density at radius 2 is 1.33 bits per heavy atom. The van der Waals surface area contributed by atoms with Crippen LogP contribution in [0.15, 0.2) is 25.3 Å². The first-order chi connectivity index (χ1) is 10.2. The first-order valence-corrected chi connectivity index (χ1v) is 9.11. The van der Waals surface area contributed by atoms with Crippen LogP contribution in [0.5, 0.6) is 0 Å². The number of hydrogen-bond donors (Lipinski definition) is 0. The Kier molecular flexibility index (Phi) is 12.8. The number of ether oxygens (including phenoxy) is 1. The van der Waals surface area contributed by atoms with Crippen LogP contribution >= 0.6 is 0 Å². The van der Waals surface area contributed by atoms with Gasteiger partial charge < -0.3 is 4.74 Å². The van der Waals surface area contributed by atoms with Gasteiger partial charge in [0.25, 0.3) is 0 Å². The Morgan fingerprint density at radius 3 is 1.86 bits per heavy atom. The smallest absolute Gasteiger partial charge is 0.107 e. The van der Waals surface area contributed by atoms with Crippen molar-refractivity contribution in [2.75, 3.05) is 6.61 Å². The molecule has 1 unspecified atom stereocenters. The van der Waals surface area contributed by atoms with Crippen molar-refractivity contribution in [2.24, 2.45) is 5.92 Å². The van der Waals surface area contributed by atoms with Gasteiger partial charge in [0, 0.05) is 6.61 Å². The Labute approximate surface area is 133 Å². The zero-order chi connectivity index (χ0) is 16.0. The molecule has 1 heteroatoms. The van der Waals surface area contributed by atoms with E-state index in [0.29, 0.717) is 5.92 Å². The molecular formula is C20H38O. The van der Waals surface area contributed by atoms with Gasteiger partial charge in [-0.2, -0.15) is 0 Å². The van der Waals surface area contributed by atoms with Crippen molar-refractivity contribution in [1.82, 2.24) is 0 Å². The van der Waals surface area contributed by atoms with E-state index < -0.39 is 0 Å². The first kappa shape index (κ1) is 20.4. The maximum atomic E-state index is 6.05. The highest BCUT2D eigenvalue weighted by atomic mass is 16.5. The van der Waals surface area contributed by atoms with E-state index in [1.165, 1.54) is 64.2 Å². The van der Waals surface area contributed by atoms with E-state index in [1.807, 2.05) is 12.2 Å². The van der Waals surface area contributed by atoms with Crippen molar-refractivity contribution in [2.45, 2.75) is 90.6 Å². The van der Waals surface area contributed by atoms with Crippen LogP contribution in [0.1, 0.15) is 85.0 Å². The third-order valence-electron chi connectivity index (χ3n) is 4.48. The molecule has 0 radical (unpaired) electrons. The van der Waals surface area contributed by atoms with Gasteiger partial charge in [-0.25, -0.2) is 0 Å². The second-order valence-corrected chi connectivity index (χ2v) is 6.09. The second kappa shape index (κ2) is 13.1. The summed E-state index contributed by atoms with van der Waals surface area (Å²) in [5.41, 5.74) is -0.326. The van der Waals surface area contributed by atoms with Crippen LogP contribution in [-0.4, -0.2) is 12.2 Å². The van der Waals surface area contributed by atoms with Crippen molar-refractivity contribution in [3.63, 3.8) is 0 Å². The van der Waals surface area contributed by atoms with Crippen LogP contribution in [0.25, 0.3) is 0 Å². The molecule has 0 heterocycles. The summed E-state index contributed by atoms with van der Waals surface area (Å²) in [6, 6.07) is 0. The SMILES string of the molecule is C=CC(C=C)(OCC)C(CCCC)CCCCCCCC. The molecule has 0 aliphatic carbocycles. The maximum Gasteiger partial charge on any atom is 0.107 e. The van der Waals surface area contributed by atoms with Gasteiger partial charge in [0.1, 0.15) is 5.60 Å². The molecule has 0 aliphatic heterocycles. The lowest BCUT2D eigenvalue weighted by atomic mass is 9.80. The topological polar surface area (TPSA) is 9.23 Å². The molecular weight excluding hydrogens is 256 g/mol. The molecule has 124 valence electrons. The van der Waals surface area contributed by atoms with Gasteiger partial charge in [0.15, 0.2) is 0 Å². The van der Waals surface area contributed by atoms with Gasteiger partial charge in [0.05, 0.1) is 0 Å². The minimum absolute atomic E-state index is 0.326. The predicted molar refractivity (Wildman–Crippen MR) is 95.8 cm³/mol. The van der Waals surface area contributed by atoms with E-state index in [0.717, 1.165) is 6.61 Å². The third-order valence-corrected chi connectivity index (χ3v) is 4.48. The van der Waals surface area contributed by atoms with Crippen LogP contribution in [0.2, 0.25) is 0 Å². The molecule has 0 amide bonds. The maximum absolute atomic E-state index is 6.05. The molecule has 1 nitrogen and oxygen atoms in total. The third kappa shape index (κ3) is 7.85. The van der Waals surface area contributed by atoms with Crippen molar-refractivity contribution >= 4 is 0 Å². The van der Waals surface area contributed by atoms with E-state index in [9.17, 15) is 0 Å². The van der Waals surface area contributed by atoms with E-state index in [4.69, 9.17) is 4.74 Å². The van der Waals surface area contributed by atoms with E-state index in [-0.39, 0.29) is 5.60 Å². The lowest BCUT2D eigenvalue weighted by Crippen LogP contribution is -2.37. The monoisotopic (exact) mass is 294 g/mol. The summed E-state index contributed by atoms with van der Waals surface area (Å²) in [5.74, 6) is 0.526. The average molecular weight is 295 g/mol. The average Bonchev–Trinajstić information content (AvgIpc) is 2.51. The fraction of sp³-hybridized carbons (Fsp3) is 0.800. The number of rotatable bonds is 15. The lowest BCUT2D eigenvalue weighted by Gasteiger charge is -2.36. The Morgan fingerprint density at radius 1 is 0.810 bits per heavy atom. The summed E-state index contributed by atoms with van der Waals surface area (Å²) in [4.78, 5) is 0. The minimum Gasteiger partial charge on any atom is -0.367 e. The van der Waals surface area contributed by atoms with Crippen molar-refractivity contribution < 1.29 is 4.74 Å². The van der Waals surface area contributed by atoms with Crippen LogP contribution in [0, 0.1) is 5.92 Å². The van der Waals surface area contributed by atoms with Gasteiger partial charge in [-0.3, -0.25) is 0 Å².